The lowest BCUT2D eigenvalue weighted by Crippen LogP contribution is -2.29. The second-order valence-corrected chi connectivity index (χ2v) is 3.91. The van der Waals surface area contributed by atoms with E-state index in [0.717, 1.165) is 0 Å². The van der Waals surface area contributed by atoms with Gasteiger partial charge in [-0.3, -0.25) is 9.59 Å². The van der Waals surface area contributed by atoms with Gasteiger partial charge in [-0.05, 0) is 24.3 Å². The van der Waals surface area contributed by atoms with Crippen molar-refractivity contribution in [1.29, 1.82) is 0 Å². The monoisotopic (exact) mass is 239 g/mol. The fraction of sp³-hybridized carbons (Fsp3) is 0.333. The van der Waals surface area contributed by atoms with E-state index in [9.17, 15) is 14.0 Å². The molecular formula is C12H14FNO3. The number of nitrogens with one attached hydrogen (secondary N) is 1. The summed E-state index contributed by atoms with van der Waals surface area (Å²) in [6.07, 6.45) is 0. The van der Waals surface area contributed by atoms with Gasteiger partial charge in [0.15, 0.2) is 0 Å². The fourth-order valence-electron chi connectivity index (χ4n) is 1.23. The van der Waals surface area contributed by atoms with E-state index in [1.54, 1.807) is 0 Å². The van der Waals surface area contributed by atoms with Crippen LogP contribution in [0, 0.1) is 17.7 Å². The highest BCUT2D eigenvalue weighted by Gasteiger charge is 2.25. The van der Waals surface area contributed by atoms with Crippen LogP contribution < -0.4 is 5.32 Å². The number of halogens is 1. The van der Waals surface area contributed by atoms with Crippen LogP contribution in [-0.4, -0.2) is 17.0 Å². The fourth-order valence-corrected chi connectivity index (χ4v) is 1.23. The predicted octanol–water partition coefficient (Wildman–Crippen LogP) is 2.12. The first-order valence-electron chi connectivity index (χ1n) is 5.21. The van der Waals surface area contributed by atoms with E-state index >= 15 is 0 Å². The van der Waals surface area contributed by atoms with E-state index in [-0.39, 0.29) is 0 Å². The van der Waals surface area contributed by atoms with Gasteiger partial charge in [0.1, 0.15) is 5.82 Å². The average molecular weight is 239 g/mol. The molecule has 2 atom stereocenters. The van der Waals surface area contributed by atoms with Crippen molar-refractivity contribution in [2.24, 2.45) is 11.8 Å². The maximum Gasteiger partial charge on any atom is 0.307 e. The lowest BCUT2D eigenvalue weighted by molar-refractivity contribution is -0.145. The zero-order chi connectivity index (χ0) is 13.0. The van der Waals surface area contributed by atoms with Crippen molar-refractivity contribution < 1.29 is 19.1 Å². The third-order valence-electron chi connectivity index (χ3n) is 2.66. The summed E-state index contributed by atoms with van der Waals surface area (Å²) in [5.74, 6) is -3.23. The molecule has 2 unspecified atom stereocenters. The van der Waals surface area contributed by atoms with Gasteiger partial charge in [0, 0.05) is 11.6 Å². The van der Waals surface area contributed by atoms with Crippen LogP contribution >= 0.6 is 0 Å². The standard InChI is InChI=1S/C12H14FNO3/c1-7(8(2)12(16)17)11(15)14-10-5-3-9(13)4-6-10/h3-8H,1-2H3,(H,14,15)(H,16,17). The molecule has 0 aliphatic rings. The van der Waals surface area contributed by atoms with Crippen LogP contribution in [0.5, 0.6) is 0 Å². The number of carbonyl (C=O) groups excluding carboxylic acids is 1. The molecule has 5 heteroatoms. The van der Waals surface area contributed by atoms with E-state index in [1.807, 2.05) is 0 Å². The van der Waals surface area contributed by atoms with Crippen LogP contribution in [0.1, 0.15) is 13.8 Å². The molecule has 0 aromatic heterocycles. The number of amides is 1. The molecule has 0 fully saturated rings. The SMILES string of the molecule is CC(C(=O)O)C(C)C(=O)Nc1ccc(F)cc1. The second kappa shape index (κ2) is 5.43. The van der Waals surface area contributed by atoms with Crippen molar-refractivity contribution in [2.75, 3.05) is 5.32 Å². The molecule has 17 heavy (non-hydrogen) atoms. The van der Waals surface area contributed by atoms with Crippen LogP contribution in [-0.2, 0) is 9.59 Å². The Balaban J connectivity index is 2.66. The van der Waals surface area contributed by atoms with E-state index in [2.05, 4.69) is 5.32 Å². The molecule has 1 aromatic carbocycles. The highest BCUT2D eigenvalue weighted by molar-refractivity contribution is 5.94. The zero-order valence-electron chi connectivity index (χ0n) is 9.61. The number of hydrogen-bond acceptors (Lipinski definition) is 2. The van der Waals surface area contributed by atoms with Gasteiger partial charge >= 0.3 is 5.97 Å². The van der Waals surface area contributed by atoms with E-state index < -0.39 is 29.5 Å². The first-order valence-corrected chi connectivity index (χ1v) is 5.21. The normalized spacial score (nSPS) is 13.8. The molecule has 0 heterocycles. The summed E-state index contributed by atoms with van der Waals surface area (Å²) in [7, 11) is 0. The Morgan fingerprint density at radius 1 is 1.18 bits per heavy atom. The number of carboxylic acids is 1. The first-order chi connectivity index (χ1) is 7.91. The molecule has 0 saturated carbocycles. The van der Waals surface area contributed by atoms with Crippen molar-refractivity contribution in [3.8, 4) is 0 Å². The summed E-state index contributed by atoms with van der Waals surface area (Å²) in [4.78, 5) is 22.4. The van der Waals surface area contributed by atoms with Gasteiger partial charge in [0.25, 0.3) is 0 Å². The largest absolute Gasteiger partial charge is 0.481 e. The summed E-state index contributed by atoms with van der Waals surface area (Å²) in [5, 5.41) is 11.3. The molecule has 0 spiro atoms. The third-order valence-corrected chi connectivity index (χ3v) is 2.66. The minimum absolute atomic E-state index is 0.394. The van der Waals surface area contributed by atoms with Crippen molar-refractivity contribution in [1.82, 2.24) is 0 Å². The molecular weight excluding hydrogens is 225 g/mol. The van der Waals surface area contributed by atoms with Crippen LogP contribution in [0.25, 0.3) is 0 Å². The lowest BCUT2D eigenvalue weighted by atomic mass is 9.95. The van der Waals surface area contributed by atoms with Gasteiger partial charge in [-0.25, -0.2) is 4.39 Å². The zero-order valence-corrected chi connectivity index (χ0v) is 9.61. The predicted molar refractivity (Wildman–Crippen MR) is 61.0 cm³/mol. The Morgan fingerprint density at radius 2 is 1.71 bits per heavy atom. The van der Waals surface area contributed by atoms with Gasteiger partial charge in [-0.2, -0.15) is 0 Å². The summed E-state index contributed by atoms with van der Waals surface area (Å²) in [5.41, 5.74) is 0.445. The number of carboxylic acid groups (broad SMARTS) is 1. The summed E-state index contributed by atoms with van der Waals surface area (Å²) in [6, 6.07) is 5.29. The molecule has 0 bridgehead atoms. The van der Waals surface area contributed by atoms with Crippen molar-refractivity contribution in [3.63, 3.8) is 0 Å². The molecule has 0 saturated heterocycles. The highest BCUT2D eigenvalue weighted by atomic mass is 19.1. The van der Waals surface area contributed by atoms with Crippen LogP contribution in [0.2, 0.25) is 0 Å². The van der Waals surface area contributed by atoms with E-state index in [1.165, 1.54) is 38.1 Å². The van der Waals surface area contributed by atoms with Crippen molar-refractivity contribution in [3.05, 3.63) is 30.1 Å². The van der Waals surface area contributed by atoms with Crippen LogP contribution in [0.3, 0.4) is 0 Å². The van der Waals surface area contributed by atoms with Gasteiger partial charge in [-0.1, -0.05) is 13.8 Å². The Kier molecular flexibility index (Phi) is 4.20. The maximum atomic E-state index is 12.6. The molecule has 4 nitrogen and oxygen atoms in total. The van der Waals surface area contributed by atoms with E-state index in [4.69, 9.17) is 5.11 Å². The lowest BCUT2D eigenvalue weighted by Gasteiger charge is -2.15. The van der Waals surface area contributed by atoms with Gasteiger partial charge in [0.05, 0.1) is 5.92 Å². The molecule has 2 N–H and O–H groups in total. The molecule has 92 valence electrons. The van der Waals surface area contributed by atoms with Crippen molar-refractivity contribution in [2.45, 2.75) is 13.8 Å². The molecule has 0 aliphatic heterocycles. The Morgan fingerprint density at radius 3 is 2.18 bits per heavy atom. The van der Waals surface area contributed by atoms with Crippen LogP contribution in [0.15, 0.2) is 24.3 Å². The number of rotatable bonds is 4. The smallest absolute Gasteiger partial charge is 0.307 e. The number of aliphatic carboxylic acids is 1. The van der Waals surface area contributed by atoms with Gasteiger partial charge < -0.3 is 10.4 Å². The quantitative estimate of drug-likeness (QED) is 0.845. The minimum atomic E-state index is -1.02. The molecule has 1 aromatic rings. The summed E-state index contributed by atoms with van der Waals surface area (Å²) in [6.45, 7) is 3.01. The maximum absolute atomic E-state index is 12.6. The Hall–Kier alpha value is -1.91. The topological polar surface area (TPSA) is 66.4 Å². The first kappa shape index (κ1) is 13.2. The number of carbonyl (C=O) groups is 2. The molecule has 1 amide bonds. The Bertz CT molecular complexity index is 416. The molecule has 1 rings (SSSR count). The second-order valence-electron chi connectivity index (χ2n) is 3.91. The molecule has 0 radical (unpaired) electrons. The minimum Gasteiger partial charge on any atom is -0.481 e. The van der Waals surface area contributed by atoms with Crippen molar-refractivity contribution >= 4 is 17.6 Å². The third kappa shape index (κ3) is 3.55. The number of hydrogen-bond donors (Lipinski definition) is 2. The summed E-state index contributed by atoms with van der Waals surface area (Å²) >= 11 is 0. The van der Waals surface area contributed by atoms with Gasteiger partial charge in [0.2, 0.25) is 5.91 Å². The van der Waals surface area contributed by atoms with E-state index in [0.29, 0.717) is 5.69 Å². The number of anilines is 1. The average Bonchev–Trinajstić information content (AvgIpc) is 2.30. The van der Waals surface area contributed by atoms with Crippen LogP contribution in [0.4, 0.5) is 10.1 Å². The number of benzene rings is 1. The summed E-state index contributed by atoms with van der Waals surface area (Å²) < 4.78 is 12.6. The highest BCUT2D eigenvalue weighted by Crippen LogP contribution is 2.15. The van der Waals surface area contributed by atoms with Gasteiger partial charge in [-0.15, -0.1) is 0 Å². The molecule has 0 aliphatic carbocycles. The Labute approximate surface area is 98.5 Å².